The first-order chi connectivity index (χ1) is 19.4. The van der Waals surface area contributed by atoms with Gasteiger partial charge in [0.1, 0.15) is 11.4 Å². The number of H-pyrrole nitrogens is 1. The number of fused-ring (bicyclic) bond motifs is 1. The molecule has 1 aliphatic carbocycles. The molecule has 3 aliphatic heterocycles. The van der Waals surface area contributed by atoms with Crippen LogP contribution in [0, 0.1) is 11.8 Å². The molecule has 1 aromatic heterocycles. The summed E-state index contributed by atoms with van der Waals surface area (Å²) in [5, 5.41) is 8.23. The van der Waals surface area contributed by atoms with E-state index in [2.05, 4.69) is 71.4 Å². The van der Waals surface area contributed by atoms with Crippen molar-refractivity contribution in [3.05, 3.63) is 54.2 Å². The minimum absolute atomic E-state index is 0.146. The Morgan fingerprint density at radius 3 is 2.45 bits per heavy atom. The van der Waals surface area contributed by atoms with Gasteiger partial charge in [0.05, 0.1) is 11.7 Å². The van der Waals surface area contributed by atoms with Crippen LogP contribution in [0.15, 0.2) is 53.7 Å². The van der Waals surface area contributed by atoms with Gasteiger partial charge in [-0.25, -0.2) is 0 Å². The summed E-state index contributed by atoms with van der Waals surface area (Å²) >= 11 is 0. The average molecular weight is 539 g/mol. The largest absolute Gasteiger partial charge is 0.342 e. The van der Waals surface area contributed by atoms with Crippen molar-refractivity contribution >= 4 is 28.6 Å². The second-order valence-electron chi connectivity index (χ2n) is 12.5. The van der Waals surface area contributed by atoms with Crippen molar-refractivity contribution in [3.63, 3.8) is 0 Å². The van der Waals surface area contributed by atoms with Gasteiger partial charge in [-0.3, -0.25) is 24.6 Å². The van der Waals surface area contributed by atoms with Crippen molar-refractivity contribution in [2.45, 2.75) is 57.5 Å². The van der Waals surface area contributed by atoms with Gasteiger partial charge in [-0.15, -0.1) is 0 Å². The topological polar surface area (TPSA) is 84.9 Å². The highest BCUT2D eigenvalue weighted by Crippen LogP contribution is 2.38. The van der Waals surface area contributed by atoms with E-state index in [1.807, 2.05) is 16.0 Å². The minimum Gasteiger partial charge on any atom is -0.342 e. The number of hydrogen-bond donors (Lipinski definition) is 1. The molecule has 2 aromatic carbocycles. The number of benzene rings is 2. The summed E-state index contributed by atoms with van der Waals surface area (Å²) in [6.45, 7) is 8.38. The summed E-state index contributed by atoms with van der Waals surface area (Å²) < 4.78 is 0. The summed E-state index contributed by atoms with van der Waals surface area (Å²) in [4.78, 5) is 38.5. The van der Waals surface area contributed by atoms with Gasteiger partial charge < -0.3 is 9.80 Å². The van der Waals surface area contributed by atoms with E-state index in [4.69, 9.17) is 4.99 Å². The first-order valence-electron chi connectivity index (χ1n) is 14.9. The second kappa shape index (κ2) is 9.84. The van der Waals surface area contributed by atoms with Crippen molar-refractivity contribution in [1.82, 2.24) is 24.9 Å². The normalized spacial score (nSPS) is 23.1. The maximum atomic E-state index is 14.2. The Balaban J connectivity index is 1.16. The lowest BCUT2D eigenvalue weighted by atomic mass is 9.87. The van der Waals surface area contributed by atoms with Gasteiger partial charge in [-0.2, -0.15) is 5.10 Å². The molecule has 0 radical (unpaired) electrons. The molecule has 8 heteroatoms. The number of aromatic amines is 1. The van der Waals surface area contributed by atoms with Gasteiger partial charge in [0, 0.05) is 55.6 Å². The summed E-state index contributed by atoms with van der Waals surface area (Å²) in [6, 6.07) is 15.2. The zero-order valence-corrected chi connectivity index (χ0v) is 23.5. The van der Waals surface area contributed by atoms with Gasteiger partial charge >= 0.3 is 0 Å². The number of carbonyl (C=O) groups is 2. The maximum Gasteiger partial charge on any atom is 0.256 e. The molecule has 2 saturated heterocycles. The van der Waals surface area contributed by atoms with Gasteiger partial charge in [0.25, 0.3) is 5.91 Å². The Morgan fingerprint density at radius 1 is 1.00 bits per heavy atom. The van der Waals surface area contributed by atoms with Crippen LogP contribution in [0.1, 0.15) is 51.5 Å². The van der Waals surface area contributed by atoms with E-state index in [0.717, 1.165) is 91.7 Å². The third kappa shape index (κ3) is 4.52. The third-order valence-corrected chi connectivity index (χ3v) is 9.46. The number of carbonyl (C=O) groups excluding carboxylic acids is 2. The number of aromatic nitrogens is 2. The third-order valence-electron chi connectivity index (χ3n) is 9.46. The highest BCUT2D eigenvalue weighted by Gasteiger charge is 2.51. The molecule has 3 aromatic rings. The molecule has 1 unspecified atom stereocenters. The quantitative estimate of drug-likeness (QED) is 0.507. The molecule has 4 heterocycles. The van der Waals surface area contributed by atoms with Crippen molar-refractivity contribution in [2.24, 2.45) is 16.8 Å². The number of piperidine rings is 1. The van der Waals surface area contributed by atoms with E-state index in [1.165, 1.54) is 0 Å². The van der Waals surface area contributed by atoms with E-state index in [-0.39, 0.29) is 17.7 Å². The highest BCUT2D eigenvalue weighted by molar-refractivity contribution is 6.15. The number of nitrogens with one attached hydrogen (secondary N) is 1. The average Bonchev–Trinajstić information content (AvgIpc) is 3.43. The van der Waals surface area contributed by atoms with Crippen LogP contribution in [0.2, 0.25) is 0 Å². The Morgan fingerprint density at radius 2 is 1.73 bits per heavy atom. The van der Waals surface area contributed by atoms with Crippen LogP contribution in [0.25, 0.3) is 22.0 Å². The first-order valence-corrected chi connectivity index (χ1v) is 14.9. The highest BCUT2D eigenvalue weighted by atomic mass is 16.2. The Kier molecular flexibility index (Phi) is 6.26. The molecule has 4 aliphatic rings. The number of rotatable bonds is 6. The maximum absolute atomic E-state index is 14.2. The SMILES string of the molecule is CC(C)N1CCC2(CC1)N=C(c1ccc(-c3ccc4[nH]ncc4c3)cc1)N(CC1CCN(C(=O)C3CC3)C1)C2=O. The first kappa shape index (κ1) is 25.4. The molecule has 3 fully saturated rings. The Hall–Kier alpha value is -3.52. The lowest BCUT2D eigenvalue weighted by Gasteiger charge is -2.38. The zero-order valence-electron chi connectivity index (χ0n) is 23.5. The summed E-state index contributed by atoms with van der Waals surface area (Å²) in [5.41, 5.74) is 3.58. The van der Waals surface area contributed by atoms with Crippen LogP contribution in [0.3, 0.4) is 0 Å². The van der Waals surface area contributed by atoms with Crippen molar-refractivity contribution < 1.29 is 9.59 Å². The van der Waals surface area contributed by atoms with E-state index in [9.17, 15) is 9.59 Å². The fraction of sp³-hybridized carbons (Fsp3) is 0.500. The smallest absolute Gasteiger partial charge is 0.256 e. The van der Waals surface area contributed by atoms with E-state index < -0.39 is 5.54 Å². The number of amides is 2. The van der Waals surface area contributed by atoms with Crippen molar-refractivity contribution in [3.8, 4) is 11.1 Å². The molecule has 0 bridgehead atoms. The predicted molar refractivity (Wildman–Crippen MR) is 156 cm³/mol. The lowest BCUT2D eigenvalue weighted by molar-refractivity contribution is -0.133. The molecule has 1 atom stereocenters. The van der Waals surface area contributed by atoms with Gasteiger partial charge in [0.2, 0.25) is 5.91 Å². The predicted octanol–water partition coefficient (Wildman–Crippen LogP) is 4.32. The van der Waals surface area contributed by atoms with Crippen LogP contribution in [-0.2, 0) is 9.59 Å². The molecule has 40 heavy (non-hydrogen) atoms. The monoisotopic (exact) mass is 538 g/mol. The minimum atomic E-state index is -0.673. The van der Waals surface area contributed by atoms with Crippen LogP contribution < -0.4 is 0 Å². The Labute approximate surface area is 235 Å². The number of amidine groups is 1. The zero-order chi connectivity index (χ0) is 27.4. The van der Waals surface area contributed by atoms with Crippen LogP contribution in [0.5, 0.6) is 0 Å². The number of hydrogen-bond acceptors (Lipinski definition) is 5. The number of nitrogens with zero attached hydrogens (tertiary/aromatic N) is 5. The van der Waals surface area contributed by atoms with E-state index in [1.54, 1.807) is 0 Å². The molecular formula is C32H38N6O2. The summed E-state index contributed by atoms with van der Waals surface area (Å²) in [7, 11) is 0. The fourth-order valence-corrected chi connectivity index (χ4v) is 6.75. The molecule has 8 nitrogen and oxygen atoms in total. The van der Waals surface area contributed by atoms with Crippen molar-refractivity contribution in [1.29, 1.82) is 0 Å². The molecule has 1 N–H and O–H groups in total. The Bertz CT molecular complexity index is 1460. The van der Waals surface area contributed by atoms with Gasteiger partial charge in [-0.05, 0) is 75.1 Å². The fourth-order valence-electron chi connectivity index (χ4n) is 6.75. The second-order valence-corrected chi connectivity index (χ2v) is 12.5. The van der Waals surface area contributed by atoms with Gasteiger partial charge in [-0.1, -0.05) is 30.3 Å². The van der Waals surface area contributed by atoms with E-state index in [0.29, 0.717) is 18.5 Å². The van der Waals surface area contributed by atoms with Crippen LogP contribution in [0.4, 0.5) is 0 Å². The molecule has 1 spiro atoms. The van der Waals surface area contributed by atoms with E-state index >= 15 is 0 Å². The summed E-state index contributed by atoms with van der Waals surface area (Å²) in [5.74, 6) is 1.78. The molecule has 2 amide bonds. The number of aliphatic imine (C=N–C) groups is 1. The molecule has 7 rings (SSSR count). The summed E-state index contributed by atoms with van der Waals surface area (Å²) in [6.07, 6.45) is 6.36. The molecule has 1 saturated carbocycles. The van der Waals surface area contributed by atoms with Crippen LogP contribution in [-0.4, -0.2) is 86.9 Å². The van der Waals surface area contributed by atoms with Crippen LogP contribution >= 0.6 is 0 Å². The van der Waals surface area contributed by atoms with Gasteiger partial charge in [0.15, 0.2) is 0 Å². The standard InChI is InChI=1S/C32H38N6O2/c1-21(2)36-15-12-32(13-16-36)31(40)38(20-22-11-14-37(19-22)30(39)25-7-8-25)29(34-32)24-5-3-23(4-6-24)26-9-10-28-27(17-26)18-33-35-28/h3-6,9-10,17-18,21-22,25H,7-8,11-16,19-20H2,1-2H3,(H,33,35). The molecular weight excluding hydrogens is 500 g/mol. The number of likely N-dealkylation sites (tertiary alicyclic amines) is 2. The lowest BCUT2D eigenvalue weighted by Crippen LogP contribution is -2.52. The van der Waals surface area contributed by atoms with Crippen molar-refractivity contribution in [2.75, 3.05) is 32.7 Å². The molecule has 208 valence electrons.